The summed E-state index contributed by atoms with van der Waals surface area (Å²) in [4.78, 5) is 14.1. The van der Waals surface area contributed by atoms with E-state index in [1.165, 1.54) is 0 Å². The van der Waals surface area contributed by atoms with Gasteiger partial charge in [0.25, 0.3) is 0 Å². The molecule has 1 N–H and O–H groups in total. The minimum Gasteiger partial charge on any atom is -0.376 e. The van der Waals surface area contributed by atoms with E-state index in [9.17, 15) is 4.79 Å². The van der Waals surface area contributed by atoms with Crippen molar-refractivity contribution >= 4 is 18.3 Å². The topological polar surface area (TPSA) is 41.6 Å². The van der Waals surface area contributed by atoms with Gasteiger partial charge in [0.15, 0.2) is 0 Å². The molecule has 2 fully saturated rings. The van der Waals surface area contributed by atoms with Gasteiger partial charge in [0.2, 0.25) is 5.91 Å². The van der Waals surface area contributed by atoms with Crippen molar-refractivity contribution in [3.63, 3.8) is 0 Å². The van der Waals surface area contributed by atoms with Gasteiger partial charge in [-0.2, -0.15) is 0 Å². The van der Waals surface area contributed by atoms with Gasteiger partial charge in [-0.3, -0.25) is 4.79 Å². The molecular formula is C13H25ClN2O2. The zero-order chi connectivity index (χ0) is 12.3. The van der Waals surface area contributed by atoms with Gasteiger partial charge in [0.1, 0.15) is 0 Å². The van der Waals surface area contributed by atoms with Crippen molar-refractivity contribution in [2.45, 2.75) is 44.8 Å². The quantitative estimate of drug-likeness (QED) is 0.848. The number of carbonyl (C=O) groups is 1. The SMILES string of the molecule is C[C@H]1C[C@@H](C(=O)N(C)CC2CCCO2)CCN1.Cl. The van der Waals surface area contributed by atoms with Crippen molar-refractivity contribution in [2.75, 3.05) is 26.7 Å². The maximum absolute atomic E-state index is 12.3. The van der Waals surface area contributed by atoms with Gasteiger partial charge in [0.05, 0.1) is 6.10 Å². The molecule has 1 amide bonds. The lowest BCUT2D eigenvalue weighted by atomic mass is 9.92. The standard InChI is InChI=1S/C13H24N2O2.ClH/c1-10-8-11(5-6-14-10)13(16)15(2)9-12-4-3-7-17-12;/h10-12,14H,3-9H2,1-2H3;1H/t10-,11-,12?;/m0./s1. The predicted molar refractivity (Wildman–Crippen MR) is 74.0 cm³/mol. The van der Waals surface area contributed by atoms with Crippen LogP contribution in [0.5, 0.6) is 0 Å². The molecule has 2 saturated heterocycles. The molecule has 2 aliphatic rings. The fraction of sp³-hybridized carbons (Fsp3) is 0.923. The smallest absolute Gasteiger partial charge is 0.225 e. The Bertz CT molecular complexity index is 270. The Morgan fingerprint density at radius 1 is 1.44 bits per heavy atom. The number of nitrogens with one attached hydrogen (secondary N) is 1. The number of rotatable bonds is 3. The number of ether oxygens (including phenoxy) is 1. The number of piperidine rings is 1. The van der Waals surface area contributed by atoms with Crippen molar-refractivity contribution in [1.29, 1.82) is 0 Å². The molecule has 0 aromatic heterocycles. The molecule has 1 unspecified atom stereocenters. The summed E-state index contributed by atoms with van der Waals surface area (Å²) in [7, 11) is 1.91. The largest absolute Gasteiger partial charge is 0.376 e. The molecule has 0 aromatic carbocycles. The Kier molecular flexibility index (Phi) is 6.39. The van der Waals surface area contributed by atoms with Crippen molar-refractivity contribution in [3.05, 3.63) is 0 Å². The van der Waals surface area contributed by atoms with Crippen molar-refractivity contribution < 1.29 is 9.53 Å². The number of hydrogen-bond acceptors (Lipinski definition) is 3. The van der Waals surface area contributed by atoms with E-state index in [1.54, 1.807) is 0 Å². The van der Waals surface area contributed by atoms with E-state index in [1.807, 2.05) is 11.9 Å². The van der Waals surface area contributed by atoms with Crippen LogP contribution in [0.1, 0.15) is 32.6 Å². The average Bonchev–Trinajstić information content (AvgIpc) is 2.80. The van der Waals surface area contributed by atoms with E-state index >= 15 is 0 Å². The van der Waals surface area contributed by atoms with Crippen molar-refractivity contribution in [3.8, 4) is 0 Å². The van der Waals surface area contributed by atoms with Gasteiger partial charge in [-0.25, -0.2) is 0 Å². The average molecular weight is 277 g/mol. The third kappa shape index (κ3) is 4.11. The molecule has 106 valence electrons. The molecule has 0 spiro atoms. The predicted octanol–water partition coefficient (Wildman–Crippen LogP) is 1.43. The summed E-state index contributed by atoms with van der Waals surface area (Å²) < 4.78 is 5.58. The first-order valence-electron chi connectivity index (χ1n) is 6.77. The number of halogens is 1. The molecule has 4 nitrogen and oxygen atoms in total. The van der Waals surface area contributed by atoms with E-state index in [-0.39, 0.29) is 24.4 Å². The summed E-state index contributed by atoms with van der Waals surface area (Å²) in [5.41, 5.74) is 0. The highest BCUT2D eigenvalue weighted by Gasteiger charge is 2.28. The second kappa shape index (κ2) is 7.31. The van der Waals surface area contributed by atoms with Gasteiger partial charge >= 0.3 is 0 Å². The van der Waals surface area contributed by atoms with Gasteiger partial charge in [0, 0.05) is 32.2 Å². The van der Waals surface area contributed by atoms with Crippen LogP contribution in [0.2, 0.25) is 0 Å². The zero-order valence-electron chi connectivity index (χ0n) is 11.4. The van der Waals surface area contributed by atoms with Gasteiger partial charge < -0.3 is 15.0 Å². The van der Waals surface area contributed by atoms with Crippen LogP contribution in [0.3, 0.4) is 0 Å². The van der Waals surface area contributed by atoms with Crippen LogP contribution >= 0.6 is 12.4 Å². The van der Waals surface area contributed by atoms with E-state index in [2.05, 4.69) is 12.2 Å². The minimum absolute atomic E-state index is 0. The molecule has 2 heterocycles. The van der Waals surface area contributed by atoms with E-state index < -0.39 is 0 Å². The zero-order valence-corrected chi connectivity index (χ0v) is 12.2. The molecular weight excluding hydrogens is 252 g/mol. The second-order valence-electron chi connectivity index (χ2n) is 5.43. The molecule has 0 aliphatic carbocycles. The summed E-state index contributed by atoms with van der Waals surface area (Å²) >= 11 is 0. The van der Waals surface area contributed by atoms with E-state index in [0.29, 0.717) is 11.9 Å². The van der Waals surface area contributed by atoms with E-state index in [4.69, 9.17) is 4.74 Å². The molecule has 0 radical (unpaired) electrons. The molecule has 3 atom stereocenters. The maximum Gasteiger partial charge on any atom is 0.225 e. The first kappa shape index (κ1) is 15.7. The second-order valence-corrected chi connectivity index (χ2v) is 5.43. The fourth-order valence-corrected chi connectivity index (χ4v) is 2.85. The van der Waals surface area contributed by atoms with Crippen molar-refractivity contribution in [2.24, 2.45) is 5.92 Å². The van der Waals surface area contributed by atoms with Crippen LogP contribution in [0.25, 0.3) is 0 Å². The molecule has 0 aromatic rings. The highest BCUT2D eigenvalue weighted by molar-refractivity contribution is 5.85. The Labute approximate surface area is 116 Å². The molecule has 2 rings (SSSR count). The summed E-state index contributed by atoms with van der Waals surface area (Å²) in [6, 6.07) is 0.467. The van der Waals surface area contributed by atoms with Crippen LogP contribution in [0, 0.1) is 5.92 Å². The van der Waals surface area contributed by atoms with Crippen LogP contribution in [0.4, 0.5) is 0 Å². The molecule has 2 aliphatic heterocycles. The number of carbonyl (C=O) groups excluding carboxylic acids is 1. The number of amides is 1. The number of likely N-dealkylation sites (N-methyl/N-ethyl adjacent to an activating group) is 1. The van der Waals surface area contributed by atoms with Crippen LogP contribution < -0.4 is 5.32 Å². The van der Waals surface area contributed by atoms with E-state index in [0.717, 1.165) is 45.4 Å². The molecule has 5 heteroatoms. The lowest BCUT2D eigenvalue weighted by Crippen LogP contribution is -2.44. The Balaban J connectivity index is 0.00000162. The Morgan fingerprint density at radius 2 is 2.22 bits per heavy atom. The molecule has 18 heavy (non-hydrogen) atoms. The molecule has 0 bridgehead atoms. The van der Waals surface area contributed by atoms with Crippen molar-refractivity contribution in [1.82, 2.24) is 10.2 Å². The monoisotopic (exact) mass is 276 g/mol. The first-order valence-corrected chi connectivity index (χ1v) is 6.77. The van der Waals surface area contributed by atoms with Crippen LogP contribution in [-0.2, 0) is 9.53 Å². The lowest BCUT2D eigenvalue weighted by Gasteiger charge is -2.31. The Hall–Kier alpha value is -0.320. The Morgan fingerprint density at radius 3 is 2.83 bits per heavy atom. The minimum atomic E-state index is 0. The lowest BCUT2D eigenvalue weighted by molar-refractivity contribution is -0.136. The highest BCUT2D eigenvalue weighted by Crippen LogP contribution is 2.20. The summed E-state index contributed by atoms with van der Waals surface area (Å²) in [6.07, 6.45) is 4.44. The van der Waals surface area contributed by atoms with Crippen LogP contribution in [0.15, 0.2) is 0 Å². The van der Waals surface area contributed by atoms with Gasteiger partial charge in [-0.1, -0.05) is 0 Å². The molecule has 0 saturated carbocycles. The highest BCUT2D eigenvalue weighted by atomic mass is 35.5. The summed E-state index contributed by atoms with van der Waals surface area (Å²) in [6.45, 7) is 4.74. The number of hydrogen-bond donors (Lipinski definition) is 1. The third-order valence-corrected chi connectivity index (χ3v) is 3.85. The normalized spacial score (nSPS) is 31.8. The maximum atomic E-state index is 12.3. The third-order valence-electron chi connectivity index (χ3n) is 3.85. The summed E-state index contributed by atoms with van der Waals surface area (Å²) in [5, 5.41) is 3.38. The fourth-order valence-electron chi connectivity index (χ4n) is 2.85. The van der Waals surface area contributed by atoms with Crippen LogP contribution in [-0.4, -0.2) is 49.7 Å². The first-order chi connectivity index (χ1) is 8.16. The van der Waals surface area contributed by atoms with Gasteiger partial charge in [-0.05, 0) is 39.2 Å². The van der Waals surface area contributed by atoms with Gasteiger partial charge in [-0.15, -0.1) is 12.4 Å². The summed E-state index contributed by atoms with van der Waals surface area (Å²) in [5.74, 6) is 0.506. The number of nitrogens with zero attached hydrogens (tertiary/aromatic N) is 1.